The number of hydrogen-bond donors (Lipinski definition) is 2. The van der Waals surface area contributed by atoms with Crippen LogP contribution in [-0.2, 0) is 11.2 Å². The van der Waals surface area contributed by atoms with Crippen LogP contribution < -0.4 is 10.6 Å². The number of nitrogens with one attached hydrogen (secondary N) is 2. The van der Waals surface area contributed by atoms with Crippen LogP contribution >= 0.6 is 38.5 Å². The van der Waals surface area contributed by atoms with E-state index in [-0.39, 0.29) is 11.9 Å². The van der Waals surface area contributed by atoms with Crippen molar-refractivity contribution in [2.45, 2.75) is 12.5 Å². The number of benzene rings is 2. The number of halogens is 2. The largest absolute Gasteiger partial charge is 0.326 e. The molecule has 0 aromatic heterocycles. The zero-order valence-corrected chi connectivity index (χ0v) is 15.2. The van der Waals surface area contributed by atoms with Crippen molar-refractivity contribution < 1.29 is 4.79 Å². The lowest BCUT2D eigenvalue weighted by Gasteiger charge is -2.20. The first-order chi connectivity index (χ1) is 10.1. The van der Waals surface area contributed by atoms with Crippen molar-refractivity contribution in [2.75, 3.05) is 12.4 Å². The summed E-state index contributed by atoms with van der Waals surface area (Å²) in [4.78, 5) is 11.5. The molecule has 2 aromatic carbocycles. The standard InChI is InChI=1S/C16H14BrIN2O/c1-19-16(12-8-11(17)3-4-13(12)18)9-2-5-14-10(6-9)7-15(21)20-14/h2-6,8,16,19H,7H2,1H3,(H,20,21). The number of fused-ring (bicyclic) bond motifs is 1. The van der Waals surface area contributed by atoms with E-state index in [2.05, 4.69) is 73.4 Å². The number of anilines is 1. The maximum Gasteiger partial charge on any atom is 0.228 e. The first-order valence-electron chi connectivity index (χ1n) is 6.63. The minimum absolute atomic E-state index is 0.0696. The predicted octanol–water partition coefficient (Wildman–Crippen LogP) is 3.86. The van der Waals surface area contributed by atoms with Crippen molar-refractivity contribution >= 4 is 50.1 Å². The van der Waals surface area contributed by atoms with Gasteiger partial charge in [-0.2, -0.15) is 0 Å². The third-order valence-electron chi connectivity index (χ3n) is 3.65. The van der Waals surface area contributed by atoms with Crippen LogP contribution in [0.5, 0.6) is 0 Å². The molecule has 3 nitrogen and oxygen atoms in total. The van der Waals surface area contributed by atoms with Gasteiger partial charge in [0.25, 0.3) is 0 Å². The average molecular weight is 457 g/mol. The molecule has 1 aliphatic heterocycles. The Kier molecular flexibility index (Phi) is 4.33. The monoisotopic (exact) mass is 456 g/mol. The van der Waals surface area contributed by atoms with Gasteiger partial charge in [0.15, 0.2) is 0 Å². The molecule has 0 saturated carbocycles. The zero-order valence-electron chi connectivity index (χ0n) is 11.4. The van der Waals surface area contributed by atoms with E-state index in [1.165, 1.54) is 14.7 Å². The van der Waals surface area contributed by atoms with Crippen molar-refractivity contribution in [1.82, 2.24) is 5.32 Å². The molecular formula is C16H14BrIN2O. The van der Waals surface area contributed by atoms with E-state index in [9.17, 15) is 4.79 Å². The molecule has 1 heterocycles. The molecule has 0 bridgehead atoms. The van der Waals surface area contributed by atoms with Crippen LogP contribution in [0.3, 0.4) is 0 Å². The average Bonchev–Trinajstić information content (AvgIpc) is 2.83. The van der Waals surface area contributed by atoms with Crippen molar-refractivity contribution in [3.05, 3.63) is 61.1 Å². The van der Waals surface area contributed by atoms with E-state index in [1.54, 1.807) is 0 Å². The Morgan fingerprint density at radius 1 is 1.29 bits per heavy atom. The quantitative estimate of drug-likeness (QED) is 0.688. The molecule has 0 aliphatic carbocycles. The lowest BCUT2D eigenvalue weighted by molar-refractivity contribution is -0.115. The summed E-state index contributed by atoms with van der Waals surface area (Å²) in [6.45, 7) is 0. The highest BCUT2D eigenvalue weighted by Crippen LogP contribution is 2.32. The van der Waals surface area contributed by atoms with E-state index in [1.807, 2.05) is 19.2 Å². The number of carbonyl (C=O) groups is 1. The third kappa shape index (κ3) is 3.00. The molecule has 0 radical (unpaired) electrons. The maximum atomic E-state index is 11.5. The van der Waals surface area contributed by atoms with Crippen LogP contribution in [0.15, 0.2) is 40.9 Å². The summed E-state index contributed by atoms with van der Waals surface area (Å²) in [6.07, 6.45) is 0.467. The van der Waals surface area contributed by atoms with Gasteiger partial charge in [0, 0.05) is 13.7 Å². The minimum atomic E-state index is 0.0696. The maximum absolute atomic E-state index is 11.5. The highest BCUT2D eigenvalue weighted by atomic mass is 127. The minimum Gasteiger partial charge on any atom is -0.326 e. The summed E-state index contributed by atoms with van der Waals surface area (Å²) in [5.74, 6) is 0.0696. The van der Waals surface area contributed by atoms with Gasteiger partial charge in [-0.3, -0.25) is 4.79 Å². The Labute approximate surface area is 145 Å². The van der Waals surface area contributed by atoms with Crippen LogP contribution in [0.2, 0.25) is 0 Å². The van der Waals surface area contributed by atoms with Crippen molar-refractivity contribution in [2.24, 2.45) is 0 Å². The molecule has 108 valence electrons. The molecule has 0 spiro atoms. The number of rotatable bonds is 3. The smallest absolute Gasteiger partial charge is 0.228 e. The SMILES string of the molecule is CNC(c1ccc2c(c1)CC(=O)N2)c1cc(Br)ccc1I. The van der Waals surface area contributed by atoms with Crippen LogP contribution in [-0.4, -0.2) is 13.0 Å². The summed E-state index contributed by atoms with van der Waals surface area (Å²) in [7, 11) is 1.96. The molecule has 1 atom stereocenters. The molecule has 0 fully saturated rings. The summed E-state index contributed by atoms with van der Waals surface area (Å²) in [5, 5.41) is 6.25. The van der Waals surface area contributed by atoms with Crippen LogP contribution in [0, 0.1) is 3.57 Å². The summed E-state index contributed by atoms with van der Waals surface area (Å²) in [5.41, 5.74) is 4.40. The third-order valence-corrected chi connectivity index (χ3v) is 5.12. The van der Waals surface area contributed by atoms with Gasteiger partial charge in [-0.05, 0) is 70.6 Å². The van der Waals surface area contributed by atoms with Crippen LogP contribution in [0.25, 0.3) is 0 Å². The Hall–Kier alpha value is -0.920. The van der Waals surface area contributed by atoms with E-state index < -0.39 is 0 Å². The predicted molar refractivity (Wildman–Crippen MR) is 96.5 cm³/mol. The second-order valence-corrected chi connectivity index (χ2v) is 7.11. The topological polar surface area (TPSA) is 41.1 Å². The van der Waals surface area contributed by atoms with Gasteiger partial charge in [-0.15, -0.1) is 0 Å². The van der Waals surface area contributed by atoms with Crippen LogP contribution in [0.1, 0.15) is 22.7 Å². The van der Waals surface area contributed by atoms with Gasteiger partial charge in [-0.25, -0.2) is 0 Å². The van der Waals surface area contributed by atoms with Crippen molar-refractivity contribution in [1.29, 1.82) is 0 Å². The van der Waals surface area contributed by atoms with Crippen LogP contribution in [0.4, 0.5) is 5.69 Å². The second kappa shape index (κ2) is 6.06. The molecule has 2 aromatic rings. The van der Waals surface area contributed by atoms with Gasteiger partial charge in [0.1, 0.15) is 0 Å². The van der Waals surface area contributed by atoms with Gasteiger partial charge < -0.3 is 10.6 Å². The Morgan fingerprint density at radius 2 is 2.10 bits per heavy atom. The Morgan fingerprint density at radius 3 is 2.86 bits per heavy atom. The number of hydrogen-bond acceptors (Lipinski definition) is 2. The lowest BCUT2D eigenvalue weighted by atomic mass is 9.96. The number of carbonyl (C=O) groups excluding carboxylic acids is 1. The Balaban J connectivity index is 2.03. The molecule has 2 N–H and O–H groups in total. The molecule has 3 rings (SSSR count). The molecule has 0 saturated heterocycles. The van der Waals surface area contributed by atoms with E-state index in [0.717, 1.165) is 15.7 Å². The Bertz CT molecular complexity index is 717. The molecule has 1 amide bonds. The van der Waals surface area contributed by atoms with Crippen molar-refractivity contribution in [3.63, 3.8) is 0 Å². The highest BCUT2D eigenvalue weighted by Gasteiger charge is 2.21. The highest BCUT2D eigenvalue weighted by molar-refractivity contribution is 14.1. The molecule has 1 aliphatic rings. The number of amides is 1. The normalized spacial score (nSPS) is 14.7. The fourth-order valence-electron chi connectivity index (χ4n) is 2.67. The molecule has 21 heavy (non-hydrogen) atoms. The van der Waals surface area contributed by atoms with Gasteiger partial charge in [0.2, 0.25) is 5.91 Å². The van der Waals surface area contributed by atoms with E-state index in [0.29, 0.717) is 6.42 Å². The van der Waals surface area contributed by atoms with Gasteiger partial charge >= 0.3 is 0 Å². The zero-order chi connectivity index (χ0) is 15.0. The summed E-state index contributed by atoms with van der Waals surface area (Å²) < 4.78 is 2.28. The van der Waals surface area contributed by atoms with Gasteiger partial charge in [0.05, 0.1) is 12.5 Å². The van der Waals surface area contributed by atoms with Gasteiger partial charge in [-0.1, -0.05) is 28.1 Å². The van der Waals surface area contributed by atoms with E-state index >= 15 is 0 Å². The van der Waals surface area contributed by atoms with E-state index in [4.69, 9.17) is 0 Å². The fourth-order valence-corrected chi connectivity index (χ4v) is 3.69. The molecule has 5 heteroatoms. The van der Waals surface area contributed by atoms with Crippen molar-refractivity contribution in [3.8, 4) is 0 Å². The fraction of sp³-hybridized carbons (Fsp3) is 0.188. The lowest BCUT2D eigenvalue weighted by Crippen LogP contribution is -2.19. The molecule has 1 unspecified atom stereocenters. The second-order valence-electron chi connectivity index (χ2n) is 5.03. The first-order valence-corrected chi connectivity index (χ1v) is 8.50. The summed E-state index contributed by atoms with van der Waals surface area (Å²) in [6, 6.07) is 12.6. The molecular weight excluding hydrogens is 443 g/mol. The summed E-state index contributed by atoms with van der Waals surface area (Å²) >= 11 is 5.89. The first kappa shape index (κ1) is 15.0.